The molecule has 0 fully saturated rings. The van der Waals surface area contributed by atoms with Crippen molar-refractivity contribution >= 4 is 21.8 Å². The molecule has 2 N–H and O–H groups in total. The van der Waals surface area contributed by atoms with Crippen LogP contribution in [0.25, 0.3) is 0 Å². The van der Waals surface area contributed by atoms with Crippen LogP contribution in [0.2, 0.25) is 0 Å². The van der Waals surface area contributed by atoms with E-state index in [2.05, 4.69) is 0 Å². The predicted octanol–water partition coefficient (Wildman–Crippen LogP) is 2.05. The molecule has 30 heavy (non-hydrogen) atoms. The summed E-state index contributed by atoms with van der Waals surface area (Å²) in [5.74, 6) is -2.37. The predicted molar refractivity (Wildman–Crippen MR) is 107 cm³/mol. The van der Waals surface area contributed by atoms with E-state index in [0.717, 1.165) is 39.5 Å². The van der Waals surface area contributed by atoms with E-state index < -0.39 is 39.5 Å². The molecule has 0 bridgehead atoms. The Labute approximate surface area is 174 Å². The van der Waals surface area contributed by atoms with Gasteiger partial charge < -0.3 is 10.6 Å². The summed E-state index contributed by atoms with van der Waals surface area (Å²) in [6.45, 7) is 0.0283. The summed E-state index contributed by atoms with van der Waals surface area (Å²) in [4.78, 5) is 25.4. The smallest absolute Gasteiger partial charge is 0.244 e. The summed E-state index contributed by atoms with van der Waals surface area (Å²) >= 11 is 0. The van der Waals surface area contributed by atoms with Gasteiger partial charge in [-0.2, -0.15) is 0 Å². The number of primary amides is 1. The van der Waals surface area contributed by atoms with Crippen LogP contribution in [0, 0.1) is 11.6 Å². The summed E-state index contributed by atoms with van der Waals surface area (Å²) in [5.41, 5.74) is 5.64. The van der Waals surface area contributed by atoms with Crippen LogP contribution in [0.3, 0.4) is 0 Å². The zero-order valence-electron chi connectivity index (χ0n) is 16.6. The molecule has 10 heteroatoms. The molecule has 2 aromatic carbocycles. The Balaban J connectivity index is 2.00. The minimum absolute atomic E-state index is 0.0283. The lowest BCUT2D eigenvalue weighted by Gasteiger charge is -2.26. The molecule has 1 unspecified atom stereocenters. The highest BCUT2D eigenvalue weighted by Gasteiger charge is 2.27. The molecule has 0 radical (unpaired) electrons. The van der Waals surface area contributed by atoms with Gasteiger partial charge in [-0.1, -0.05) is 12.1 Å². The lowest BCUT2D eigenvalue weighted by Crippen LogP contribution is -2.39. The third-order valence-corrected chi connectivity index (χ3v) is 6.47. The number of hydrogen-bond donors (Lipinski definition) is 1. The van der Waals surface area contributed by atoms with E-state index in [9.17, 15) is 26.8 Å². The average molecular weight is 439 g/mol. The van der Waals surface area contributed by atoms with E-state index in [4.69, 9.17) is 5.73 Å². The summed E-state index contributed by atoms with van der Waals surface area (Å²) < 4.78 is 52.5. The van der Waals surface area contributed by atoms with E-state index in [-0.39, 0.29) is 29.8 Å². The molecule has 0 heterocycles. The molecular formula is C20H23F2N3O4S. The number of nitrogens with zero attached hydrogens (tertiary/aromatic N) is 2. The fraction of sp³-hybridized carbons (Fsp3) is 0.300. The molecule has 0 saturated heterocycles. The van der Waals surface area contributed by atoms with E-state index >= 15 is 0 Å². The quantitative estimate of drug-likeness (QED) is 0.646. The van der Waals surface area contributed by atoms with Gasteiger partial charge in [0.2, 0.25) is 21.8 Å². The van der Waals surface area contributed by atoms with Gasteiger partial charge in [-0.25, -0.2) is 21.5 Å². The van der Waals surface area contributed by atoms with Crippen molar-refractivity contribution in [3.05, 3.63) is 65.7 Å². The van der Waals surface area contributed by atoms with Gasteiger partial charge >= 0.3 is 0 Å². The number of halogens is 2. The van der Waals surface area contributed by atoms with Crippen molar-refractivity contribution in [1.29, 1.82) is 0 Å². The molecule has 1 atom stereocenters. The molecule has 0 aliphatic rings. The summed E-state index contributed by atoms with van der Waals surface area (Å²) in [5, 5.41) is 0. The Bertz CT molecular complexity index is 1010. The Morgan fingerprint density at radius 2 is 1.67 bits per heavy atom. The highest BCUT2D eigenvalue weighted by Crippen LogP contribution is 2.21. The molecule has 0 aromatic heterocycles. The zero-order chi connectivity index (χ0) is 22.5. The van der Waals surface area contributed by atoms with E-state index in [0.29, 0.717) is 0 Å². The molecule has 2 amide bonds. The van der Waals surface area contributed by atoms with Gasteiger partial charge in [-0.15, -0.1) is 0 Å². The average Bonchev–Trinajstić information content (AvgIpc) is 2.68. The minimum atomic E-state index is -3.83. The van der Waals surface area contributed by atoms with Crippen molar-refractivity contribution in [3.63, 3.8) is 0 Å². The molecule has 0 saturated carbocycles. The number of likely N-dealkylation sites (N-methyl/N-ethyl adjacent to an activating group) is 1. The molecule has 0 aliphatic heterocycles. The highest BCUT2D eigenvalue weighted by molar-refractivity contribution is 7.89. The van der Waals surface area contributed by atoms with E-state index in [1.165, 1.54) is 32.3 Å². The van der Waals surface area contributed by atoms with E-state index in [1.807, 2.05) is 0 Å². The number of amides is 2. The van der Waals surface area contributed by atoms with Gasteiger partial charge in [0.1, 0.15) is 17.7 Å². The van der Waals surface area contributed by atoms with Crippen LogP contribution in [-0.2, 0) is 19.6 Å². The minimum Gasteiger partial charge on any atom is -0.368 e. The number of sulfonamides is 1. The van der Waals surface area contributed by atoms with Crippen LogP contribution in [-0.4, -0.2) is 50.1 Å². The number of hydrogen-bond acceptors (Lipinski definition) is 4. The summed E-state index contributed by atoms with van der Waals surface area (Å²) in [7, 11) is -1.10. The number of carbonyl (C=O) groups is 2. The highest BCUT2D eigenvalue weighted by atomic mass is 32.2. The van der Waals surface area contributed by atoms with Crippen LogP contribution < -0.4 is 5.73 Å². The Morgan fingerprint density at radius 3 is 2.23 bits per heavy atom. The maximum atomic E-state index is 13.5. The van der Waals surface area contributed by atoms with Gasteiger partial charge in [0.05, 0.1) is 4.90 Å². The topological polar surface area (TPSA) is 101 Å². The summed E-state index contributed by atoms with van der Waals surface area (Å²) in [6, 6.07) is 8.52. The standard InChI is InChI=1S/C20H23F2N3O4S/c1-24(30(28,29)17-10-8-15(21)9-11-17)12-4-7-18(26)25(2)19(20(23)27)14-5-3-6-16(22)13-14/h3,5-6,8-11,13,19H,4,7,12H2,1-2H3,(H2,23,27). The largest absolute Gasteiger partial charge is 0.368 e. The number of carbonyl (C=O) groups excluding carboxylic acids is 2. The third kappa shape index (κ3) is 5.61. The molecule has 162 valence electrons. The van der Waals surface area contributed by atoms with Crippen LogP contribution in [0.4, 0.5) is 8.78 Å². The third-order valence-electron chi connectivity index (χ3n) is 4.60. The van der Waals surface area contributed by atoms with Crippen LogP contribution >= 0.6 is 0 Å². The second-order valence-electron chi connectivity index (χ2n) is 6.75. The normalized spacial score (nSPS) is 12.6. The van der Waals surface area contributed by atoms with Crippen molar-refractivity contribution in [3.8, 4) is 0 Å². The molecule has 2 aromatic rings. The fourth-order valence-corrected chi connectivity index (χ4v) is 4.14. The van der Waals surface area contributed by atoms with Gasteiger partial charge in [0.15, 0.2) is 0 Å². The first-order valence-corrected chi connectivity index (χ1v) is 10.5. The Kier molecular flexibility index (Phi) is 7.63. The van der Waals surface area contributed by atoms with Crippen molar-refractivity contribution in [1.82, 2.24) is 9.21 Å². The molecule has 2 rings (SSSR count). The molecule has 7 nitrogen and oxygen atoms in total. The van der Waals surface area contributed by atoms with Gasteiger partial charge in [0.25, 0.3) is 0 Å². The molecule has 0 aliphatic carbocycles. The monoisotopic (exact) mass is 439 g/mol. The van der Waals surface area contributed by atoms with Crippen molar-refractivity contribution in [2.45, 2.75) is 23.8 Å². The second kappa shape index (κ2) is 9.77. The summed E-state index contributed by atoms with van der Waals surface area (Å²) in [6.07, 6.45) is 0.119. The van der Waals surface area contributed by atoms with Gasteiger partial charge in [0, 0.05) is 27.1 Å². The van der Waals surface area contributed by atoms with Crippen LogP contribution in [0.15, 0.2) is 53.4 Å². The maximum Gasteiger partial charge on any atom is 0.244 e. The van der Waals surface area contributed by atoms with Gasteiger partial charge in [-0.3, -0.25) is 9.59 Å². The number of nitrogens with two attached hydrogens (primary N) is 1. The second-order valence-corrected chi connectivity index (χ2v) is 8.79. The van der Waals surface area contributed by atoms with Gasteiger partial charge in [-0.05, 0) is 48.4 Å². The zero-order valence-corrected chi connectivity index (χ0v) is 17.4. The fourth-order valence-electron chi connectivity index (χ4n) is 2.94. The van der Waals surface area contributed by atoms with Crippen molar-refractivity contribution in [2.75, 3.05) is 20.6 Å². The van der Waals surface area contributed by atoms with Crippen LogP contribution in [0.5, 0.6) is 0 Å². The van der Waals surface area contributed by atoms with Crippen LogP contribution in [0.1, 0.15) is 24.4 Å². The first-order valence-electron chi connectivity index (χ1n) is 9.06. The van der Waals surface area contributed by atoms with Crippen molar-refractivity contribution < 1.29 is 26.8 Å². The Morgan fingerprint density at radius 1 is 1.03 bits per heavy atom. The first kappa shape index (κ1) is 23.4. The molecule has 0 spiro atoms. The molecular weight excluding hydrogens is 416 g/mol. The maximum absolute atomic E-state index is 13.5. The SMILES string of the molecule is CN(C(=O)CCCN(C)S(=O)(=O)c1ccc(F)cc1)C(C(N)=O)c1cccc(F)c1. The van der Waals surface area contributed by atoms with E-state index in [1.54, 1.807) is 0 Å². The first-order chi connectivity index (χ1) is 14.0. The number of rotatable bonds is 9. The lowest BCUT2D eigenvalue weighted by atomic mass is 10.0. The van der Waals surface area contributed by atoms with Crippen molar-refractivity contribution in [2.24, 2.45) is 5.73 Å². The lowest BCUT2D eigenvalue weighted by molar-refractivity contribution is -0.138. The number of benzene rings is 2. The Hall–Kier alpha value is -2.85.